The molecule has 0 aliphatic carbocycles. The van der Waals surface area contributed by atoms with E-state index < -0.39 is 0 Å². The van der Waals surface area contributed by atoms with Crippen LogP contribution in [-0.4, -0.2) is 43.3 Å². The Bertz CT molecular complexity index is 161. The molecule has 14 heavy (non-hydrogen) atoms. The van der Waals surface area contributed by atoms with Crippen molar-refractivity contribution in [3.63, 3.8) is 0 Å². The van der Waals surface area contributed by atoms with Gasteiger partial charge in [0.05, 0.1) is 0 Å². The van der Waals surface area contributed by atoms with E-state index in [-0.39, 0.29) is 6.67 Å². The highest BCUT2D eigenvalue weighted by Gasteiger charge is 2.23. The van der Waals surface area contributed by atoms with Gasteiger partial charge in [-0.3, -0.25) is 4.90 Å². The fraction of sp³-hybridized carbons (Fsp3) is 1.00. The van der Waals surface area contributed by atoms with Crippen LogP contribution in [0.15, 0.2) is 0 Å². The quantitative estimate of drug-likeness (QED) is 0.729. The molecule has 2 unspecified atom stereocenters. The second-order valence-corrected chi connectivity index (χ2v) is 4.72. The lowest BCUT2D eigenvalue weighted by atomic mass is 10.1. The number of halogens is 1. The number of nitrogens with one attached hydrogen (secondary N) is 1. The molecule has 1 heterocycles. The lowest BCUT2D eigenvalue weighted by Crippen LogP contribution is -2.42. The summed E-state index contributed by atoms with van der Waals surface area (Å²) >= 11 is 0. The van der Waals surface area contributed by atoms with Crippen LogP contribution in [-0.2, 0) is 0 Å². The van der Waals surface area contributed by atoms with E-state index in [1.807, 2.05) is 0 Å². The molecule has 0 aromatic rings. The van der Waals surface area contributed by atoms with Gasteiger partial charge in [0, 0.05) is 25.2 Å². The third-order valence-electron chi connectivity index (χ3n) is 3.00. The Morgan fingerprint density at radius 3 is 2.64 bits per heavy atom. The fourth-order valence-corrected chi connectivity index (χ4v) is 2.11. The Morgan fingerprint density at radius 2 is 2.21 bits per heavy atom. The van der Waals surface area contributed by atoms with Gasteiger partial charge >= 0.3 is 0 Å². The zero-order chi connectivity index (χ0) is 10.6. The average molecular weight is 202 g/mol. The van der Waals surface area contributed by atoms with Crippen molar-refractivity contribution in [2.24, 2.45) is 5.92 Å². The van der Waals surface area contributed by atoms with Crippen molar-refractivity contribution in [3.05, 3.63) is 0 Å². The Hall–Kier alpha value is -0.150. The van der Waals surface area contributed by atoms with Crippen LogP contribution < -0.4 is 5.32 Å². The highest BCUT2D eigenvalue weighted by Crippen LogP contribution is 2.14. The van der Waals surface area contributed by atoms with Crippen molar-refractivity contribution in [3.8, 4) is 0 Å². The molecule has 0 radical (unpaired) electrons. The van der Waals surface area contributed by atoms with Gasteiger partial charge in [0.15, 0.2) is 0 Å². The molecule has 0 bridgehead atoms. The van der Waals surface area contributed by atoms with Crippen LogP contribution in [0.1, 0.15) is 27.2 Å². The SMILES string of the molecule is CC1CNC(CN(CCF)C(C)C)C1. The van der Waals surface area contributed by atoms with Crippen LogP contribution in [0, 0.1) is 5.92 Å². The molecule has 1 fully saturated rings. The Kier molecular flexibility index (Phi) is 4.82. The summed E-state index contributed by atoms with van der Waals surface area (Å²) < 4.78 is 12.3. The monoisotopic (exact) mass is 202 g/mol. The first-order valence-corrected chi connectivity index (χ1v) is 5.67. The minimum absolute atomic E-state index is 0.236. The lowest BCUT2D eigenvalue weighted by molar-refractivity contribution is 0.186. The summed E-state index contributed by atoms with van der Waals surface area (Å²) in [5.74, 6) is 0.777. The summed E-state index contributed by atoms with van der Waals surface area (Å²) in [5.41, 5.74) is 0. The smallest absolute Gasteiger partial charge is 0.102 e. The Labute approximate surface area is 86.9 Å². The molecular formula is C11H23FN2. The molecule has 2 nitrogen and oxygen atoms in total. The minimum atomic E-state index is -0.236. The zero-order valence-electron chi connectivity index (χ0n) is 9.59. The second kappa shape index (κ2) is 5.66. The number of hydrogen-bond donors (Lipinski definition) is 1. The maximum atomic E-state index is 12.3. The lowest BCUT2D eigenvalue weighted by Gasteiger charge is -2.28. The van der Waals surface area contributed by atoms with E-state index in [1.165, 1.54) is 6.42 Å². The summed E-state index contributed by atoms with van der Waals surface area (Å²) in [6.07, 6.45) is 1.23. The molecule has 1 N–H and O–H groups in total. The maximum absolute atomic E-state index is 12.3. The summed E-state index contributed by atoms with van der Waals surface area (Å²) in [5, 5.41) is 3.49. The highest BCUT2D eigenvalue weighted by molar-refractivity contribution is 4.82. The normalized spacial score (nSPS) is 27.9. The molecule has 0 spiro atoms. The molecule has 3 heteroatoms. The first kappa shape index (κ1) is 11.9. The van der Waals surface area contributed by atoms with E-state index in [4.69, 9.17) is 0 Å². The second-order valence-electron chi connectivity index (χ2n) is 4.72. The number of alkyl halides is 1. The molecular weight excluding hydrogens is 179 g/mol. The minimum Gasteiger partial charge on any atom is -0.312 e. The molecule has 84 valence electrons. The van der Waals surface area contributed by atoms with Crippen molar-refractivity contribution in [2.45, 2.75) is 39.3 Å². The van der Waals surface area contributed by atoms with Crippen LogP contribution >= 0.6 is 0 Å². The molecule has 1 saturated heterocycles. The number of nitrogens with zero attached hydrogens (tertiary/aromatic N) is 1. The molecule has 0 aromatic heterocycles. The van der Waals surface area contributed by atoms with Crippen LogP contribution in [0.2, 0.25) is 0 Å². The van der Waals surface area contributed by atoms with E-state index in [9.17, 15) is 4.39 Å². The number of rotatable bonds is 5. The molecule has 0 saturated carbocycles. The van der Waals surface area contributed by atoms with Crippen LogP contribution in [0.25, 0.3) is 0 Å². The van der Waals surface area contributed by atoms with Crippen molar-refractivity contribution >= 4 is 0 Å². The predicted molar refractivity (Wildman–Crippen MR) is 58.3 cm³/mol. The Balaban J connectivity index is 2.31. The van der Waals surface area contributed by atoms with E-state index in [0.29, 0.717) is 18.6 Å². The largest absolute Gasteiger partial charge is 0.312 e. The van der Waals surface area contributed by atoms with Crippen LogP contribution in [0.3, 0.4) is 0 Å². The van der Waals surface area contributed by atoms with Crippen molar-refractivity contribution in [1.82, 2.24) is 10.2 Å². The van der Waals surface area contributed by atoms with Crippen LogP contribution in [0.5, 0.6) is 0 Å². The van der Waals surface area contributed by atoms with Gasteiger partial charge in [-0.25, -0.2) is 4.39 Å². The fourth-order valence-electron chi connectivity index (χ4n) is 2.11. The molecule has 0 amide bonds. The van der Waals surface area contributed by atoms with Crippen molar-refractivity contribution in [2.75, 3.05) is 26.3 Å². The Morgan fingerprint density at radius 1 is 1.50 bits per heavy atom. The molecule has 2 atom stereocenters. The summed E-state index contributed by atoms with van der Waals surface area (Å²) in [4.78, 5) is 2.22. The van der Waals surface area contributed by atoms with Crippen molar-refractivity contribution < 1.29 is 4.39 Å². The van der Waals surface area contributed by atoms with Gasteiger partial charge in [-0.1, -0.05) is 6.92 Å². The number of hydrogen-bond acceptors (Lipinski definition) is 2. The van der Waals surface area contributed by atoms with E-state index in [1.54, 1.807) is 0 Å². The predicted octanol–water partition coefficient (Wildman–Crippen LogP) is 1.66. The summed E-state index contributed by atoms with van der Waals surface area (Å²) in [7, 11) is 0. The van der Waals surface area contributed by atoms with E-state index >= 15 is 0 Å². The molecule has 1 rings (SSSR count). The van der Waals surface area contributed by atoms with Gasteiger partial charge in [0.2, 0.25) is 0 Å². The highest BCUT2D eigenvalue weighted by atomic mass is 19.1. The standard InChI is InChI=1S/C11H23FN2/c1-9(2)14(5-4-12)8-11-6-10(3)7-13-11/h9-11,13H,4-8H2,1-3H3. The third-order valence-corrected chi connectivity index (χ3v) is 3.00. The van der Waals surface area contributed by atoms with Gasteiger partial charge in [0.25, 0.3) is 0 Å². The summed E-state index contributed by atoms with van der Waals surface area (Å²) in [6.45, 7) is 8.98. The molecule has 1 aliphatic rings. The van der Waals surface area contributed by atoms with Gasteiger partial charge < -0.3 is 5.32 Å². The van der Waals surface area contributed by atoms with Crippen LogP contribution in [0.4, 0.5) is 4.39 Å². The maximum Gasteiger partial charge on any atom is 0.102 e. The third kappa shape index (κ3) is 3.54. The first-order valence-electron chi connectivity index (χ1n) is 5.67. The topological polar surface area (TPSA) is 15.3 Å². The molecule has 0 aromatic carbocycles. The van der Waals surface area contributed by atoms with E-state index in [2.05, 4.69) is 31.0 Å². The first-order chi connectivity index (χ1) is 6.63. The zero-order valence-corrected chi connectivity index (χ0v) is 9.59. The van der Waals surface area contributed by atoms with Gasteiger partial charge in [-0.05, 0) is 32.7 Å². The van der Waals surface area contributed by atoms with Gasteiger partial charge in [-0.2, -0.15) is 0 Å². The summed E-state index contributed by atoms with van der Waals surface area (Å²) in [6, 6.07) is 1.02. The van der Waals surface area contributed by atoms with Gasteiger partial charge in [-0.15, -0.1) is 0 Å². The van der Waals surface area contributed by atoms with E-state index in [0.717, 1.165) is 19.0 Å². The average Bonchev–Trinajstić information content (AvgIpc) is 2.50. The molecule has 1 aliphatic heterocycles. The van der Waals surface area contributed by atoms with Gasteiger partial charge in [0.1, 0.15) is 6.67 Å². The van der Waals surface area contributed by atoms with Crippen molar-refractivity contribution in [1.29, 1.82) is 0 Å².